The first-order valence-corrected chi connectivity index (χ1v) is 3.34. The molecule has 3 N–H and O–H groups in total. The molecule has 0 radical (unpaired) electrons. The Labute approximate surface area is 94.6 Å². The maximum absolute atomic E-state index is 4.72. The molecule has 0 amide bonds. The molecule has 1 heterocycles. The van der Waals surface area contributed by atoms with Gasteiger partial charge in [-0.2, -0.15) is 0 Å². The van der Waals surface area contributed by atoms with Crippen molar-refractivity contribution < 1.29 is 29.6 Å². The van der Waals surface area contributed by atoms with Gasteiger partial charge >= 0.3 is 29.6 Å². The Bertz CT molecular complexity index is 281. The number of hydrogen-bond acceptors (Lipinski definition) is 3. The van der Waals surface area contributed by atoms with Crippen LogP contribution in [0.2, 0.25) is 0 Å². The van der Waals surface area contributed by atoms with E-state index < -0.39 is 0 Å². The van der Waals surface area contributed by atoms with Crippen molar-refractivity contribution in [2.45, 2.75) is 0 Å². The van der Waals surface area contributed by atoms with Crippen LogP contribution >= 0.6 is 36.7 Å². The largest absolute Gasteiger partial charge is 1.00 e. The zero-order chi connectivity index (χ0) is 6.85. The summed E-state index contributed by atoms with van der Waals surface area (Å²) in [7, 11) is 0. The molecule has 0 fully saturated rings. The Morgan fingerprint density at radius 2 is 0.900 bits per heavy atom. The molecule has 10 heavy (non-hydrogen) atoms. The van der Waals surface area contributed by atoms with Gasteiger partial charge in [-0.1, -0.05) is 0 Å². The van der Waals surface area contributed by atoms with Gasteiger partial charge in [-0.3, -0.25) is 0 Å². The first-order valence-electron chi connectivity index (χ1n) is 2.11. The number of H-pyrrole nitrogens is 3. The summed E-state index contributed by atoms with van der Waals surface area (Å²) in [5, 5.41) is 0. The fourth-order valence-electron chi connectivity index (χ4n) is 0.403. The fraction of sp³-hybridized carbons (Fsp3) is 0. The van der Waals surface area contributed by atoms with Crippen molar-refractivity contribution >= 4 is 36.7 Å². The van der Waals surface area contributed by atoms with Crippen molar-refractivity contribution in [1.82, 2.24) is 15.0 Å². The predicted molar refractivity (Wildman–Crippen MR) is 42.0 cm³/mol. The molecular formula is C3H3N3NaS3+. The Hall–Kier alpha value is 0.670. The Balaban J connectivity index is 0.000000810. The average Bonchev–Trinajstić information content (AvgIpc) is 1.59. The van der Waals surface area contributed by atoms with Crippen molar-refractivity contribution in [1.29, 1.82) is 0 Å². The van der Waals surface area contributed by atoms with E-state index in [1.54, 1.807) is 0 Å². The van der Waals surface area contributed by atoms with Gasteiger partial charge < -0.3 is 15.0 Å². The van der Waals surface area contributed by atoms with Crippen LogP contribution in [0, 0.1) is 14.3 Å². The van der Waals surface area contributed by atoms with Gasteiger partial charge in [-0.05, 0) is 36.7 Å². The second kappa shape index (κ2) is 4.53. The number of aromatic amines is 3. The predicted octanol–water partition coefficient (Wildman–Crippen LogP) is -1.14. The second-order valence-corrected chi connectivity index (χ2v) is 2.59. The van der Waals surface area contributed by atoms with E-state index in [9.17, 15) is 0 Å². The third kappa shape index (κ3) is 3.18. The molecule has 3 nitrogen and oxygen atoms in total. The summed E-state index contributed by atoms with van der Waals surface area (Å²) >= 11 is 14.2. The first kappa shape index (κ1) is 10.7. The molecule has 1 aromatic rings. The molecule has 0 unspecified atom stereocenters. The van der Waals surface area contributed by atoms with Gasteiger partial charge in [0, 0.05) is 0 Å². The van der Waals surface area contributed by atoms with Crippen LogP contribution in [0.5, 0.6) is 0 Å². The minimum atomic E-state index is 0. The van der Waals surface area contributed by atoms with E-state index >= 15 is 0 Å². The van der Waals surface area contributed by atoms with Gasteiger partial charge in [0.15, 0.2) is 14.3 Å². The van der Waals surface area contributed by atoms with Crippen LogP contribution in [-0.4, -0.2) is 15.0 Å². The number of nitrogens with one attached hydrogen (secondary N) is 3. The number of aromatic nitrogens is 3. The zero-order valence-corrected chi connectivity index (χ0v) is 9.67. The van der Waals surface area contributed by atoms with Crippen LogP contribution in [0.25, 0.3) is 0 Å². The van der Waals surface area contributed by atoms with E-state index in [0.717, 1.165) is 0 Å². The van der Waals surface area contributed by atoms with Gasteiger partial charge in [0.1, 0.15) is 0 Å². The SMILES string of the molecule is S=c1[nH]c(=S)[nH]c(=S)[nH]1.[Na+]. The van der Waals surface area contributed by atoms with Crippen molar-refractivity contribution in [3.8, 4) is 0 Å². The van der Waals surface area contributed by atoms with Crippen LogP contribution < -0.4 is 29.6 Å². The van der Waals surface area contributed by atoms with Gasteiger partial charge in [-0.25, -0.2) is 0 Å². The monoisotopic (exact) mass is 200 g/mol. The summed E-state index contributed by atoms with van der Waals surface area (Å²) in [6.07, 6.45) is 0. The molecule has 0 aliphatic carbocycles. The van der Waals surface area contributed by atoms with Gasteiger partial charge in [0.05, 0.1) is 0 Å². The Morgan fingerprint density at radius 1 is 0.700 bits per heavy atom. The van der Waals surface area contributed by atoms with Crippen LogP contribution in [0.3, 0.4) is 0 Å². The summed E-state index contributed by atoms with van der Waals surface area (Å²) in [4.78, 5) is 7.99. The maximum Gasteiger partial charge on any atom is 1.00 e. The van der Waals surface area contributed by atoms with E-state index in [1.807, 2.05) is 0 Å². The smallest absolute Gasteiger partial charge is 0.309 e. The van der Waals surface area contributed by atoms with E-state index in [-0.39, 0.29) is 29.6 Å². The first-order chi connectivity index (χ1) is 4.18. The quantitative estimate of drug-likeness (QED) is 0.367. The topological polar surface area (TPSA) is 47.4 Å². The molecule has 0 atom stereocenters. The third-order valence-electron chi connectivity index (χ3n) is 0.681. The molecule has 0 aliphatic rings. The molecule has 0 bridgehead atoms. The fourth-order valence-corrected chi connectivity index (χ4v) is 1.21. The molecule has 0 aliphatic heterocycles. The molecule has 0 spiro atoms. The third-order valence-corrected chi connectivity index (χ3v) is 1.29. The van der Waals surface area contributed by atoms with Gasteiger partial charge in [0.25, 0.3) is 0 Å². The molecule has 0 saturated carbocycles. The molecule has 0 saturated heterocycles. The zero-order valence-electron chi connectivity index (χ0n) is 5.22. The summed E-state index contributed by atoms with van der Waals surface area (Å²) in [5.74, 6) is 0. The maximum atomic E-state index is 4.72. The van der Waals surface area contributed by atoms with E-state index in [1.165, 1.54) is 0 Å². The van der Waals surface area contributed by atoms with Crippen LogP contribution in [0.1, 0.15) is 0 Å². The van der Waals surface area contributed by atoms with Crippen molar-refractivity contribution in [2.24, 2.45) is 0 Å². The minimum Gasteiger partial charge on any atom is -0.309 e. The van der Waals surface area contributed by atoms with Crippen molar-refractivity contribution in [3.63, 3.8) is 0 Å². The summed E-state index contributed by atoms with van der Waals surface area (Å²) in [6, 6.07) is 0. The number of rotatable bonds is 0. The van der Waals surface area contributed by atoms with E-state index in [2.05, 4.69) is 15.0 Å². The van der Waals surface area contributed by atoms with Crippen LogP contribution in [-0.2, 0) is 0 Å². The van der Waals surface area contributed by atoms with E-state index in [4.69, 9.17) is 36.7 Å². The van der Waals surface area contributed by atoms with Gasteiger partial charge in [-0.15, -0.1) is 0 Å². The molecular weight excluding hydrogens is 197 g/mol. The molecule has 48 valence electrons. The van der Waals surface area contributed by atoms with Crippen molar-refractivity contribution in [3.05, 3.63) is 14.3 Å². The molecule has 1 aromatic heterocycles. The standard InChI is InChI=1S/C3H3N3S3.Na/c7-1-4-2(8)6-3(9)5-1;/h(H3,4,5,6,7,8,9);/q;+1. The van der Waals surface area contributed by atoms with E-state index in [0.29, 0.717) is 14.3 Å². The summed E-state index contributed by atoms with van der Waals surface area (Å²) in [5.41, 5.74) is 0. The second-order valence-electron chi connectivity index (χ2n) is 1.36. The van der Waals surface area contributed by atoms with Crippen molar-refractivity contribution in [2.75, 3.05) is 0 Å². The average molecular weight is 200 g/mol. The number of hydrogen-bond donors (Lipinski definition) is 3. The molecule has 0 aromatic carbocycles. The molecule has 7 heteroatoms. The Morgan fingerprint density at radius 3 is 1.10 bits per heavy atom. The summed E-state index contributed by atoms with van der Waals surface area (Å²) < 4.78 is 1.34. The van der Waals surface area contributed by atoms with Crippen LogP contribution in [0.4, 0.5) is 0 Å². The normalized spacial score (nSPS) is 8.40. The van der Waals surface area contributed by atoms with Crippen LogP contribution in [0.15, 0.2) is 0 Å². The minimum absolute atomic E-state index is 0. The van der Waals surface area contributed by atoms with Gasteiger partial charge in [0.2, 0.25) is 0 Å². The Kier molecular flexibility index (Phi) is 4.83. The molecule has 1 rings (SSSR count). The summed E-state index contributed by atoms with van der Waals surface area (Å²) in [6.45, 7) is 0.